The molecular weight excluding hydrogens is 459 g/mol. The average molecular weight is 479 g/mol. The third-order valence-electron chi connectivity index (χ3n) is 4.05. The van der Waals surface area contributed by atoms with E-state index in [4.69, 9.17) is 23.2 Å². The Hall–Kier alpha value is -1.81. The number of nitrogens with one attached hydrogen (secondary N) is 1. The van der Waals surface area contributed by atoms with E-state index in [-0.39, 0.29) is 15.6 Å². The summed E-state index contributed by atoms with van der Waals surface area (Å²) in [6.07, 6.45) is 2.08. The fourth-order valence-corrected chi connectivity index (χ4v) is 4.63. The minimum Gasteiger partial charge on any atom is -0.348 e. The van der Waals surface area contributed by atoms with Crippen LogP contribution in [0.1, 0.15) is 18.5 Å². The number of sulfonamides is 1. The summed E-state index contributed by atoms with van der Waals surface area (Å²) in [6.45, 7) is 1.22. The highest BCUT2D eigenvalue weighted by atomic mass is 35.5. The number of amides is 1. The van der Waals surface area contributed by atoms with Crippen molar-refractivity contribution < 1.29 is 21.6 Å². The Morgan fingerprint density at radius 3 is 2.10 bits per heavy atom. The van der Waals surface area contributed by atoms with Crippen molar-refractivity contribution in [2.24, 2.45) is 0 Å². The zero-order chi connectivity index (χ0) is 22.0. The van der Waals surface area contributed by atoms with Gasteiger partial charge in [-0.05, 0) is 42.8 Å². The van der Waals surface area contributed by atoms with Gasteiger partial charge in [0, 0.05) is 11.3 Å². The Labute approximate surface area is 180 Å². The topological polar surface area (TPSA) is 101 Å². The molecule has 0 aliphatic carbocycles. The summed E-state index contributed by atoms with van der Waals surface area (Å²) in [6, 6.07) is 9.89. The summed E-state index contributed by atoms with van der Waals surface area (Å²) >= 11 is 11.9. The fourth-order valence-electron chi connectivity index (χ4n) is 2.57. The van der Waals surface area contributed by atoms with Crippen molar-refractivity contribution in [3.63, 3.8) is 0 Å². The first kappa shape index (κ1) is 23.5. The lowest BCUT2D eigenvalue weighted by atomic mass is 10.1. The molecule has 0 saturated carbocycles. The minimum atomic E-state index is -3.79. The molecule has 0 aliphatic heterocycles. The van der Waals surface area contributed by atoms with Crippen LogP contribution in [0.2, 0.25) is 10.0 Å². The number of benzene rings is 2. The minimum absolute atomic E-state index is 0.0973. The maximum absolute atomic E-state index is 12.5. The van der Waals surface area contributed by atoms with E-state index in [9.17, 15) is 21.6 Å². The van der Waals surface area contributed by atoms with Crippen molar-refractivity contribution >= 4 is 54.7 Å². The first-order valence-electron chi connectivity index (χ1n) is 8.31. The molecule has 7 nitrogen and oxygen atoms in total. The third kappa shape index (κ3) is 6.33. The molecule has 0 aliphatic rings. The Kier molecular flexibility index (Phi) is 7.21. The summed E-state index contributed by atoms with van der Waals surface area (Å²) in [5.74, 6) is -0.555. The van der Waals surface area contributed by atoms with Crippen molar-refractivity contribution in [3.05, 3.63) is 58.1 Å². The van der Waals surface area contributed by atoms with E-state index in [1.807, 2.05) is 0 Å². The first-order chi connectivity index (χ1) is 13.3. The molecule has 0 unspecified atom stereocenters. The van der Waals surface area contributed by atoms with Gasteiger partial charge in [0.15, 0.2) is 9.84 Å². The Bertz CT molecular complexity index is 1120. The molecule has 1 atom stereocenters. The van der Waals surface area contributed by atoms with Crippen molar-refractivity contribution in [3.8, 4) is 0 Å². The Morgan fingerprint density at radius 1 is 1.03 bits per heavy atom. The highest BCUT2D eigenvalue weighted by Crippen LogP contribution is 2.30. The van der Waals surface area contributed by atoms with Gasteiger partial charge in [0.05, 0.1) is 27.9 Å². The number of nitrogens with zero attached hydrogens (tertiary/aromatic N) is 1. The van der Waals surface area contributed by atoms with Crippen LogP contribution in [0.3, 0.4) is 0 Å². The van der Waals surface area contributed by atoms with Gasteiger partial charge >= 0.3 is 0 Å². The third-order valence-corrected chi connectivity index (χ3v) is 6.84. The smallest absolute Gasteiger partial charge is 0.241 e. The molecule has 0 bridgehead atoms. The van der Waals surface area contributed by atoms with Crippen molar-refractivity contribution in [2.75, 3.05) is 23.4 Å². The molecule has 0 spiro atoms. The lowest BCUT2D eigenvalue weighted by Gasteiger charge is -2.24. The van der Waals surface area contributed by atoms with Crippen LogP contribution in [0.5, 0.6) is 0 Å². The second-order valence-electron chi connectivity index (χ2n) is 6.50. The van der Waals surface area contributed by atoms with E-state index in [1.165, 1.54) is 30.3 Å². The summed E-state index contributed by atoms with van der Waals surface area (Å²) in [7, 11) is -7.11. The number of carbonyl (C=O) groups is 1. The molecular formula is C18H20Cl2N2O5S2. The van der Waals surface area contributed by atoms with Crippen LogP contribution in [0.4, 0.5) is 5.69 Å². The fraction of sp³-hybridized carbons (Fsp3) is 0.278. The number of anilines is 1. The van der Waals surface area contributed by atoms with Gasteiger partial charge in [-0.25, -0.2) is 16.8 Å². The van der Waals surface area contributed by atoms with Crippen molar-refractivity contribution in [1.82, 2.24) is 5.32 Å². The molecule has 1 N–H and O–H groups in total. The number of sulfone groups is 1. The van der Waals surface area contributed by atoms with Crippen LogP contribution in [-0.4, -0.2) is 41.8 Å². The number of hydrogen-bond acceptors (Lipinski definition) is 5. The SMILES string of the molecule is C[C@@H](NC(=O)CN(c1ccc(Cl)cc1Cl)S(C)(=O)=O)c1ccc(S(C)(=O)=O)cc1. The molecule has 2 rings (SSSR count). The second kappa shape index (κ2) is 8.91. The summed E-state index contributed by atoms with van der Waals surface area (Å²) in [4.78, 5) is 12.6. The Balaban J connectivity index is 2.18. The highest BCUT2D eigenvalue weighted by Gasteiger charge is 2.24. The summed E-state index contributed by atoms with van der Waals surface area (Å²) < 4.78 is 48.3. The van der Waals surface area contributed by atoms with Crippen LogP contribution in [0, 0.1) is 0 Å². The van der Waals surface area contributed by atoms with Gasteiger partial charge in [-0.2, -0.15) is 0 Å². The number of carbonyl (C=O) groups excluding carboxylic acids is 1. The van der Waals surface area contributed by atoms with Gasteiger partial charge in [-0.1, -0.05) is 35.3 Å². The van der Waals surface area contributed by atoms with Gasteiger partial charge in [-0.15, -0.1) is 0 Å². The first-order valence-corrected chi connectivity index (χ1v) is 12.8. The van der Waals surface area contributed by atoms with Gasteiger partial charge in [0.25, 0.3) is 0 Å². The molecule has 11 heteroatoms. The van der Waals surface area contributed by atoms with E-state index in [1.54, 1.807) is 19.1 Å². The van der Waals surface area contributed by atoms with Crippen molar-refractivity contribution in [1.29, 1.82) is 0 Å². The molecule has 1 amide bonds. The molecule has 2 aromatic carbocycles. The quantitative estimate of drug-likeness (QED) is 0.658. The average Bonchev–Trinajstić information content (AvgIpc) is 2.58. The van der Waals surface area contributed by atoms with E-state index in [0.29, 0.717) is 10.6 Å². The predicted octanol–water partition coefficient (Wildman–Crippen LogP) is 3.04. The van der Waals surface area contributed by atoms with Gasteiger partial charge in [-0.3, -0.25) is 9.10 Å². The standard InChI is InChI=1S/C18H20Cl2N2O5S2/c1-12(13-4-7-15(8-5-13)28(2,24)25)21-18(23)11-22(29(3,26)27)17-9-6-14(19)10-16(17)20/h4-10,12H,11H2,1-3H3,(H,21,23)/t12-/m1/s1. The monoisotopic (exact) mass is 478 g/mol. The van der Waals surface area contributed by atoms with Crippen LogP contribution in [-0.2, 0) is 24.7 Å². The lowest BCUT2D eigenvalue weighted by molar-refractivity contribution is -0.120. The van der Waals surface area contributed by atoms with Gasteiger partial charge < -0.3 is 5.32 Å². The van der Waals surface area contributed by atoms with E-state index < -0.39 is 38.4 Å². The van der Waals surface area contributed by atoms with Crippen LogP contribution in [0.15, 0.2) is 47.4 Å². The molecule has 0 saturated heterocycles. The Morgan fingerprint density at radius 2 is 1.62 bits per heavy atom. The number of hydrogen-bond donors (Lipinski definition) is 1. The van der Waals surface area contributed by atoms with Crippen molar-refractivity contribution in [2.45, 2.75) is 17.9 Å². The molecule has 0 fully saturated rings. The van der Waals surface area contributed by atoms with Gasteiger partial charge in [0.1, 0.15) is 6.54 Å². The molecule has 29 heavy (non-hydrogen) atoms. The largest absolute Gasteiger partial charge is 0.348 e. The lowest BCUT2D eigenvalue weighted by Crippen LogP contribution is -2.41. The van der Waals surface area contributed by atoms with E-state index >= 15 is 0 Å². The second-order valence-corrected chi connectivity index (χ2v) is 11.3. The normalized spacial score (nSPS) is 13.0. The summed E-state index contributed by atoms with van der Waals surface area (Å²) in [5, 5.41) is 3.13. The predicted molar refractivity (Wildman–Crippen MR) is 115 cm³/mol. The number of rotatable bonds is 7. The van der Waals surface area contributed by atoms with Gasteiger partial charge in [0.2, 0.25) is 15.9 Å². The van der Waals surface area contributed by atoms with Crippen LogP contribution >= 0.6 is 23.2 Å². The number of halogens is 2. The highest BCUT2D eigenvalue weighted by molar-refractivity contribution is 7.92. The van der Waals surface area contributed by atoms with Crippen LogP contribution in [0.25, 0.3) is 0 Å². The van der Waals surface area contributed by atoms with E-state index in [0.717, 1.165) is 16.8 Å². The molecule has 0 aromatic heterocycles. The van der Waals surface area contributed by atoms with Crippen LogP contribution < -0.4 is 9.62 Å². The molecule has 2 aromatic rings. The molecule has 0 heterocycles. The molecule has 0 radical (unpaired) electrons. The maximum atomic E-state index is 12.5. The summed E-state index contributed by atoms with van der Waals surface area (Å²) in [5.41, 5.74) is 0.806. The zero-order valence-corrected chi connectivity index (χ0v) is 19.0. The zero-order valence-electron chi connectivity index (χ0n) is 15.9. The van der Waals surface area contributed by atoms with E-state index in [2.05, 4.69) is 5.32 Å². The molecule has 158 valence electrons. The maximum Gasteiger partial charge on any atom is 0.241 e.